The highest BCUT2D eigenvalue weighted by Crippen LogP contribution is 2.21. The number of rotatable bonds is 16. The molecule has 2 amide bonds. The molecular weight excluding hydrogens is 588 g/mol. The fraction of sp³-hybridized carbons (Fsp3) is 0.385. The first-order chi connectivity index (χ1) is 22.9. The van der Waals surface area contributed by atoms with Gasteiger partial charge in [-0.1, -0.05) is 103 Å². The van der Waals surface area contributed by atoms with Crippen molar-refractivity contribution in [1.82, 2.24) is 20.4 Å². The van der Waals surface area contributed by atoms with Gasteiger partial charge in [-0.2, -0.15) is 0 Å². The van der Waals surface area contributed by atoms with Crippen molar-refractivity contribution in [3.05, 3.63) is 120 Å². The largest absolute Gasteiger partial charge is 0.376 e. The van der Waals surface area contributed by atoms with Gasteiger partial charge in [0.25, 0.3) is 0 Å². The van der Waals surface area contributed by atoms with Crippen LogP contribution in [0, 0.1) is 0 Å². The summed E-state index contributed by atoms with van der Waals surface area (Å²) >= 11 is 0. The molecule has 4 aromatic carbocycles. The highest BCUT2D eigenvalue weighted by atomic mass is 16.5. The van der Waals surface area contributed by atoms with Crippen molar-refractivity contribution in [2.24, 2.45) is 0 Å². The van der Waals surface area contributed by atoms with E-state index in [2.05, 4.69) is 41.0 Å². The number of aliphatic hydroxyl groups excluding tert-OH is 1. The summed E-state index contributed by atoms with van der Waals surface area (Å²) in [5.74, 6) is -0.493. The number of amides is 2. The summed E-state index contributed by atoms with van der Waals surface area (Å²) in [6.07, 6.45) is 2.66. The minimum Gasteiger partial charge on any atom is -0.376 e. The Kier molecular flexibility index (Phi) is 12.5. The second kappa shape index (κ2) is 17.2. The third kappa shape index (κ3) is 9.72. The Hall–Kier alpha value is -4.08. The van der Waals surface area contributed by atoms with Crippen molar-refractivity contribution in [3.63, 3.8) is 0 Å². The molecule has 1 fully saturated rings. The molecule has 0 aliphatic carbocycles. The molecule has 248 valence electrons. The number of fused-ring (bicyclic) bond motifs is 1. The molecular formula is C39H48N4O4. The van der Waals surface area contributed by atoms with Crippen molar-refractivity contribution >= 4 is 22.6 Å². The Morgan fingerprint density at radius 1 is 0.851 bits per heavy atom. The molecule has 1 saturated heterocycles. The van der Waals surface area contributed by atoms with Crippen LogP contribution in [0.5, 0.6) is 0 Å². The van der Waals surface area contributed by atoms with Gasteiger partial charge in [-0.05, 0) is 59.7 Å². The van der Waals surface area contributed by atoms with Gasteiger partial charge in [0.1, 0.15) is 18.9 Å². The van der Waals surface area contributed by atoms with E-state index in [9.17, 15) is 14.7 Å². The molecule has 0 spiro atoms. The Balaban J connectivity index is 1.35. The predicted octanol–water partition coefficient (Wildman–Crippen LogP) is 4.20. The third-order valence-corrected chi connectivity index (χ3v) is 9.20. The maximum atomic E-state index is 14.5. The number of carbonyl (C=O) groups excluding carboxylic acids is 2. The quantitative estimate of drug-likeness (QED) is 0.160. The Morgan fingerprint density at radius 3 is 2.23 bits per heavy atom. The van der Waals surface area contributed by atoms with Crippen LogP contribution < -0.4 is 10.6 Å². The minimum absolute atomic E-state index is 0.100. The zero-order valence-electron chi connectivity index (χ0n) is 27.6. The lowest BCUT2D eigenvalue weighted by Crippen LogP contribution is -2.58. The highest BCUT2D eigenvalue weighted by molar-refractivity contribution is 5.89. The summed E-state index contributed by atoms with van der Waals surface area (Å²) in [7, 11) is 3.41. The van der Waals surface area contributed by atoms with Gasteiger partial charge < -0.3 is 25.0 Å². The first-order valence-corrected chi connectivity index (χ1v) is 16.7. The molecule has 4 atom stereocenters. The van der Waals surface area contributed by atoms with Crippen molar-refractivity contribution in [2.75, 3.05) is 40.4 Å². The molecule has 0 radical (unpaired) electrons. The lowest BCUT2D eigenvalue weighted by molar-refractivity contribution is -0.149. The van der Waals surface area contributed by atoms with Gasteiger partial charge in [0.15, 0.2) is 0 Å². The normalized spacial score (nSPS) is 16.4. The van der Waals surface area contributed by atoms with Crippen LogP contribution in [-0.2, 0) is 33.6 Å². The van der Waals surface area contributed by atoms with Gasteiger partial charge in [0.05, 0.1) is 12.6 Å². The van der Waals surface area contributed by atoms with Crippen LogP contribution >= 0.6 is 0 Å². The molecule has 5 rings (SSSR count). The van der Waals surface area contributed by atoms with Gasteiger partial charge in [0, 0.05) is 33.1 Å². The van der Waals surface area contributed by atoms with Crippen LogP contribution in [0.3, 0.4) is 0 Å². The number of hydrogen-bond donors (Lipinski definition) is 3. The zero-order chi connectivity index (χ0) is 33.0. The monoisotopic (exact) mass is 636 g/mol. The molecule has 1 heterocycles. The molecule has 8 heteroatoms. The van der Waals surface area contributed by atoms with Crippen LogP contribution in [0.15, 0.2) is 103 Å². The SMILES string of the molecule is CN(C(=O)COC[C@H]1CCCN1)[C@H](Cc1ccc2ccccc2c1)C(=O)N(C)[C@H](Cc1ccccc1)C(O)NCCc1ccccc1. The van der Waals surface area contributed by atoms with E-state index in [0.717, 1.165) is 53.3 Å². The first kappa shape index (κ1) is 34.3. The number of hydrogen-bond acceptors (Lipinski definition) is 6. The Bertz CT molecular complexity index is 1560. The number of benzene rings is 4. The zero-order valence-corrected chi connectivity index (χ0v) is 27.6. The van der Waals surface area contributed by atoms with Crippen LogP contribution in [0.1, 0.15) is 29.5 Å². The molecule has 1 aliphatic heterocycles. The van der Waals surface area contributed by atoms with Crippen LogP contribution in [0.4, 0.5) is 0 Å². The van der Waals surface area contributed by atoms with Crippen molar-refractivity contribution in [2.45, 2.75) is 56.5 Å². The lowest BCUT2D eigenvalue weighted by atomic mass is 9.98. The molecule has 1 unspecified atom stereocenters. The third-order valence-electron chi connectivity index (χ3n) is 9.20. The number of carbonyl (C=O) groups is 2. The summed E-state index contributed by atoms with van der Waals surface area (Å²) in [6.45, 7) is 1.87. The maximum absolute atomic E-state index is 14.5. The van der Waals surface area contributed by atoms with Crippen molar-refractivity contribution < 1.29 is 19.4 Å². The molecule has 4 aromatic rings. The number of ether oxygens (including phenoxy) is 1. The van der Waals surface area contributed by atoms with Gasteiger partial charge in [0.2, 0.25) is 11.8 Å². The van der Waals surface area contributed by atoms with Crippen LogP contribution in [-0.4, -0.2) is 91.5 Å². The molecule has 0 aromatic heterocycles. The average molecular weight is 637 g/mol. The van der Waals surface area contributed by atoms with Gasteiger partial charge in [-0.25, -0.2) is 0 Å². The average Bonchev–Trinajstić information content (AvgIpc) is 3.63. The summed E-state index contributed by atoms with van der Waals surface area (Å²) in [5, 5.41) is 20.3. The second-order valence-electron chi connectivity index (χ2n) is 12.6. The fourth-order valence-electron chi connectivity index (χ4n) is 6.30. The smallest absolute Gasteiger partial charge is 0.249 e. The molecule has 47 heavy (non-hydrogen) atoms. The predicted molar refractivity (Wildman–Crippen MR) is 187 cm³/mol. The van der Waals surface area contributed by atoms with E-state index in [1.807, 2.05) is 72.8 Å². The standard InChI is InChI=1S/C39H48N4O4/c1-42(37(44)28-47-27-34-18-11-22-40-34)36(26-31-19-20-32-16-9-10-17-33(32)24-31)39(46)43(2)35(25-30-14-7-4-8-15-30)38(45)41-23-21-29-12-5-3-6-13-29/h3-10,12-17,19-20,24,34-36,38,40-41,45H,11,18,21-23,25-28H2,1-2H3/t34-,35-,36-,38?/m1/s1. The van der Waals surface area contributed by atoms with Gasteiger partial charge in [-0.3, -0.25) is 14.9 Å². The van der Waals surface area contributed by atoms with Gasteiger partial charge in [-0.15, -0.1) is 0 Å². The minimum atomic E-state index is -0.988. The first-order valence-electron chi connectivity index (χ1n) is 16.7. The maximum Gasteiger partial charge on any atom is 0.249 e. The Morgan fingerprint density at radius 2 is 1.53 bits per heavy atom. The van der Waals surface area contributed by atoms with E-state index in [-0.39, 0.29) is 24.5 Å². The lowest BCUT2D eigenvalue weighted by Gasteiger charge is -2.37. The molecule has 1 aliphatic rings. The Labute approximate surface area is 278 Å². The molecule has 0 saturated carbocycles. The van der Waals surface area contributed by atoms with E-state index in [0.29, 0.717) is 26.0 Å². The summed E-state index contributed by atoms with van der Waals surface area (Å²) in [5.41, 5.74) is 3.12. The summed E-state index contributed by atoms with van der Waals surface area (Å²) < 4.78 is 5.82. The molecule has 3 N–H and O–H groups in total. The number of likely N-dealkylation sites (N-methyl/N-ethyl adjacent to an activating group) is 2. The van der Waals surface area contributed by atoms with Crippen LogP contribution in [0.2, 0.25) is 0 Å². The summed E-state index contributed by atoms with van der Waals surface area (Å²) in [6, 6.07) is 33.1. The van der Waals surface area contributed by atoms with E-state index in [1.54, 1.807) is 19.0 Å². The van der Waals surface area contributed by atoms with E-state index >= 15 is 0 Å². The number of aliphatic hydroxyl groups is 1. The molecule has 8 nitrogen and oxygen atoms in total. The van der Waals surface area contributed by atoms with Crippen LogP contribution in [0.25, 0.3) is 10.8 Å². The van der Waals surface area contributed by atoms with Gasteiger partial charge >= 0.3 is 0 Å². The molecule has 0 bridgehead atoms. The van der Waals surface area contributed by atoms with Crippen molar-refractivity contribution in [3.8, 4) is 0 Å². The summed E-state index contributed by atoms with van der Waals surface area (Å²) in [4.78, 5) is 31.2. The fourth-order valence-corrected chi connectivity index (χ4v) is 6.30. The van der Waals surface area contributed by atoms with E-state index < -0.39 is 18.3 Å². The topological polar surface area (TPSA) is 94.1 Å². The number of nitrogens with zero attached hydrogens (tertiary/aromatic N) is 2. The van der Waals surface area contributed by atoms with E-state index in [1.165, 1.54) is 4.90 Å². The van der Waals surface area contributed by atoms with E-state index in [4.69, 9.17) is 4.74 Å². The second-order valence-corrected chi connectivity index (χ2v) is 12.6. The number of nitrogens with one attached hydrogen (secondary N) is 2. The highest BCUT2D eigenvalue weighted by Gasteiger charge is 2.35. The van der Waals surface area contributed by atoms with Crippen molar-refractivity contribution in [1.29, 1.82) is 0 Å².